The lowest BCUT2D eigenvalue weighted by atomic mass is 9.42. The molecular formula is C64H61BN2S. The minimum atomic E-state index is -0.127. The molecule has 0 unspecified atom stereocenters. The van der Waals surface area contributed by atoms with E-state index in [9.17, 15) is 0 Å². The Morgan fingerprint density at radius 3 is 1.74 bits per heavy atom. The van der Waals surface area contributed by atoms with Gasteiger partial charge < -0.3 is 9.71 Å². The molecule has 3 aliphatic rings. The maximum atomic E-state index is 2.76. The molecule has 0 atom stereocenters. The Labute approximate surface area is 408 Å². The van der Waals surface area contributed by atoms with Crippen molar-refractivity contribution >= 4 is 77.7 Å². The van der Waals surface area contributed by atoms with Crippen LogP contribution in [0.5, 0.6) is 0 Å². The highest BCUT2D eigenvalue weighted by atomic mass is 32.1. The highest BCUT2D eigenvalue weighted by molar-refractivity contribution is 7.26. The van der Waals surface area contributed by atoms with Gasteiger partial charge in [0.15, 0.2) is 0 Å². The van der Waals surface area contributed by atoms with E-state index in [1.54, 1.807) is 0 Å². The van der Waals surface area contributed by atoms with E-state index in [4.69, 9.17) is 0 Å². The molecule has 9 aromatic rings. The van der Waals surface area contributed by atoms with Crippen molar-refractivity contribution in [3.05, 3.63) is 186 Å². The van der Waals surface area contributed by atoms with Crippen molar-refractivity contribution in [3.63, 3.8) is 0 Å². The minimum Gasteiger partial charge on any atom is -0.376 e. The minimum absolute atomic E-state index is 0.0271. The van der Waals surface area contributed by atoms with Gasteiger partial charge >= 0.3 is 6.85 Å². The van der Waals surface area contributed by atoms with Gasteiger partial charge in [-0.1, -0.05) is 166 Å². The molecule has 68 heavy (non-hydrogen) atoms. The predicted molar refractivity (Wildman–Crippen MR) is 297 cm³/mol. The Hall–Kier alpha value is -6.36. The third-order valence-electron chi connectivity index (χ3n) is 15.8. The fourth-order valence-corrected chi connectivity index (χ4v) is 13.0. The first-order valence-electron chi connectivity index (χ1n) is 24.7. The zero-order valence-corrected chi connectivity index (χ0v) is 42.2. The van der Waals surface area contributed by atoms with E-state index in [0.717, 1.165) is 12.8 Å². The fraction of sp³-hybridized carbons (Fsp3) is 0.250. The lowest BCUT2D eigenvalue weighted by Gasteiger charge is -2.48. The summed E-state index contributed by atoms with van der Waals surface area (Å²) in [5, 5.41) is 2.68. The molecule has 0 spiro atoms. The van der Waals surface area contributed by atoms with E-state index in [1.807, 2.05) is 11.3 Å². The summed E-state index contributed by atoms with van der Waals surface area (Å²) < 4.78 is 2.65. The van der Waals surface area contributed by atoms with E-state index in [1.165, 1.54) is 115 Å². The maximum Gasteiger partial charge on any atom is 0.333 e. The van der Waals surface area contributed by atoms with Gasteiger partial charge in [-0.25, -0.2) is 0 Å². The van der Waals surface area contributed by atoms with Crippen molar-refractivity contribution < 1.29 is 0 Å². The van der Waals surface area contributed by atoms with Crippen LogP contribution in [0.3, 0.4) is 0 Å². The molecule has 0 saturated carbocycles. The quantitative estimate of drug-likeness (QED) is 0.162. The van der Waals surface area contributed by atoms with Gasteiger partial charge in [0.25, 0.3) is 0 Å². The van der Waals surface area contributed by atoms with Gasteiger partial charge in [-0.3, -0.25) is 0 Å². The van der Waals surface area contributed by atoms with Crippen LogP contribution in [-0.4, -0.2) is 6.85 Å². The summed E-state index contributed by atoms with van der Waals surface area (Å²) in [6, 6.07) is 63.3. The number of hydrogen-bond acceptors (Lipinski definition) is 3. The van der Waals surface area contributed by atoms with Crippen LogP contribution in [0.15, 0.2) is 164 Å². The zero-order valence-electron chi connectivity index (χ0n) is 41.4. The molecule has 4 heteroatoms. The van der Waals surface area contributed by atoms with Gasteiger partial charge in [-0.05, 0) is 167 Å². The number of hydrogen-bond donors (Lipinski definition) is 0. The Bertz CT molecular complexity index is 3470. The summed E-state index contributed by atoms with van der Waals surface area (Å²) in [4.78, 5) is 5.42. The van der Waals surface area contributed by atoms with E-state index in [-0.39, 0.29) is 28.5 Å². The van der Waals surface area contributed by atoms with Gasteiger partial charge in [-0.15, -0.1) is 11.3 Å². The highest BCUT2D eigenvalue weighted by Gasteiger charge is 2.48. The van der Waals surface area contributed by atoms with E-state index in [2.05, 4.69) is 243 Å². The molecule has 1 aliphatic carbocycles. The maximum absolute atomic E-state index is 2.76. The van der Waals surface area contributed by atoms with Crippen molar-refractivity contribution in [1.82, 2.24) is 0 Å². The first-order chi connectivity index (χ1) is 32.5. The van der Waals surface area contributed by atoms with Crippen LogP contribution in [-0.2, 0) is 21.7 Å². The highest BCUT2D eigenvalue weighted by Crippen LogP contribution is 2.55. The number of fused-ring (bicyclic) bond motifs is 9. The smallest absolute Gasteiger partial charge is 0.333 e. The number of anilines is 5. The van der Waals surface area contributed by atoms with Gasteiger partial charge in [0.2, 0.25) is 0 Å². The molecule has 2 aliphatic heterocycles. The van der Waals surface area contributed by atoms with Crippen LogP contribution in [0, 0.1) is 0 Å². The Morgan fingerprint density at radius 1 is 0.456 bits per heavy atom. The van der Waals surface area contributed by atoms with Crippen molar-refractivity contribution in [2.24, 2.45) is 0 Å². The molecular weight excluding hydrogens is 840 g/mol. The molecule has 336 valence electrons. The Balaban J connectivity index is 1.28. The Morgan fingerprint density at radius 2 is 1.06 bits per heavy atom. The summed E-state index contributed by atoms with van der Waals surface area (Å²) in [6.07, 6.45) is 2.32. The molecule has 0 fully saturated rings. The summed E-state index contributed by atoms with van der Waals surface area (Å²) in [5.74, 6) is 0. The topological polar surface area (TPSA) is 6.48 Å². The summed E-state index contributed by atoms with van der Waals surface area (Å²) >= 11 is 1.92. The Kier molecular flexibility index (Phi) is 9.52. The molecule has 1 aromatic heterocycles. The second-order valence-electron chi connectivity index (χ2n) is 23.2. The van der Waals surface area contributed by atoms with Crippen LogP contribution in [0.2, 0.25) is 0 Å². The SMILES string of the molecule is CC(C)(C)c1ccc(N2B3c4c(cc(-c5ccccc5)cc4N(c4ccc(C(C)(C)C)cc4-c4ccccc4)c4ccc5sc6ccccc6c5c43)-c3cc4c(cc32)C(C)(C)CCC4(C)C)cc1. The van der Waals surface area contributed by atoms with Crippen LogP contribution < -0.4 is 20.6 Å². The number of nitrogens with zero attached hydrogens (tertiary/aromatic N) is 2. The van der Waals surface area contributed by atoms with Crippen LogP contribution in [0.25, 0.3) is 53.6 Å². The second kappa shape index (κ2) is 15.1. The average molecular weight is 901 g/mol. The lowest BCUT2D eigenvalue weighted by molar-refractivity contribution is 0.332. The number of benzene rings is 8. The monoisotopic (exact) mass is 900 g/mol. The van der Waals surface area contributed by atoms with Gasteiger partial charge in [-0.2, -0.15) is 0 Å². The largest absolute Gasteiger partial charge is 0.376 e. The molecule has 0 saturated heterocycles. The molecule has 2 nitrogen and oxygen atoms in total. The van der Waals surface area contributed by atoms with Crippen LogP contribution >= 0.6 is 11.3 Å². The zero-order chi connectivity index (χ0) is 47.1. The molecule has 0 amide bonds. The third-order valence-corrected chi connectivity index (χ3v) is 17.0. The molecule has 0 bridgehead atoms. The fourth-order valence-electron chi connectivity index (χ4n) is 11.8. The number of thiophene rings is 1. The summed E-state index contributed by atoms with van der Waals surface area (Å²) in [7, 11) is 0. The van der Waals surface area contributed by atoms with Crippen LogP contribution in [0.4, 0.5) is 28.4 Å². The van der Waals surface area contributed by atoms with Crippen molar-refractivity contribution in [2.45, 2.75) is 104 Å². The van der Waals surface area contributed by atoms with Crippen LogP contribution in [0.1, 0.15) is 104 Å². The van der Waals surface area contributed by atoms with Gasteiger partial charge in [0, 0.05) is 43.3 Å². The molecule has 12 rings (SSSR count). The van der Waals surface area contributed by atoms with Gasteiger partial charge in [0.1, 0.15) is 0 Å². The lowest BCUT2D eigenvalue weighted by Crippen LogP contribution is -2.62. The first-order valence-corrected chi connectivity index (χ1v) is 25.6. The molecule has 0 N–H and O–H groups in total. The second-order valence-corrected chi connectivity index (χ2v) is 24.3. The molecule has 3 heterocycles. The number of rotatable bonds is 4. The predicted octanol–water partition coefficient (Wildman–Crippen LogP) is 17.0. The van der Waals surface area contributed by atoms with Crippen molar-refractivity contribution in [2.75, 3.05) is 9.71 Å². The normalized spacial score (nSPS) is 15.8. The first kappa shape index (κ1) is 43.0. The van der Waals surface area contributed by atoms with E-state index >= 15 is 0 Å². The standard InChI is InChI=1S/C64H61BN2S/c1-61(2,3)43-25-28-45(29-26-43)67-54-39-51-50(63(7,8)33-34-64(51,9)10)38-48(54)49-35-42(40-19-13-11-14-20-40)36-55-59(49)65(67)60-53(31-32-57-58(60)46-23-17-18-24-56(46)68-57)66(55)52-30-27-44(62(4,5)6)37-47(52)41-21-15-12-16-22-41/h11-32,35-39H,33-34H2,1-10H3. The van der Waals surface area contributed by atoms with Crippen molar-refractivity contribution in [3.8, 4) is 33.4 Å². The molecule has 0 radical (unpaired) electrons. The molecule has 8 aromatic carbocycles. The summed E-state index contributed by atoms with van der Waals surface area (Å²) in [6.45, 7) is 23.7. The van der Waals surface area contributed by atoms with E-state index in [0.29, 0.717) is 0 Å². The van der Waals surface area contributed by atoms with Gasteiger partial charge in [0.05, 0.1) is 5.69 Å². The average Bonchev–Trinajstić information content (AvgIpc) is 3.71. The third kappa shape index (κ3) is 6.65. The summed E-state index contributed by atoms with van der Waals surface area (Å²) in [5.41, 5.74) is 22.1. The van der Waals surface area contributed by atoms with E-state index < -0.39 is 0 Å². The van der Waals surface area contributed by atoms with Crippen molar-refractivity contribution in [1.29, 1.82) is 0 Å².